The van der Waals surface area contributed by atoms with Gasteiger partial charge in [0.2, 0.25) is 0 Å². The standard InChI is InChI=1S/C14H18N2/c1-11-10-14(6-8-15-9-7-14)16-13-5-3-2-4-12(11)13/h2-5,10,15-16H,6-9H2,1H3. The predicted octanol–water partition coefficient (Wildman–Crippen LogP) is 2.64. The van der Waals surface area contributed by atoms with Crippen molar-refractivity contribution in [1.82, 2.24) is 5.32 Å². The molecule has 0 atom stereocenters. The largest absolute Gasteiger partial charge is 0.376 e. The van der Waals surface area contributed by atoms with Crippen LogP contribution in [0.1, 0.15) is 25.3 Å². The van der Waals surface area contributed by atoms with Crippen molar-refractivity contribution in [1.29, 1.82) is 0 Å². The van der Waals surface area contributed by atoms with Gasteiger partial charge < -0.3 is 10.6 Å². The van der Waals surface area contributed by atoms with Gasteiger partial charge in [-0.3, -0.25) is 0 Å². The molecule has 2 N–H and O–H groups in total. The quantitative estimate of drug-likeness (QED) is 0.693. The topological polar surface area (TPSA) is 24.1 Å². The van der Waals surface area contributed by atoms with Crippen LogP contribution in [0.15, 0.2) is 30.3 Å². The molecule has 2 nitrogen and oxygen atoms in total. The molecule has 2 aliphatic heterocycles. The predicted molar refractivity (Wildman–Crippen MR) is 68.6 cm³/mol. The van der Waals surface area contributed by atoms with Gasteiger partial charge in [-0.25, -0.2) is 0 Å². The molecule has 0 saturated carbocycles. The Morgan fingerprint density at radius 2 is 1.88 bits per heavy atom. The zero-order chi connectivity index (χ0) is 11.0. The number of allylic oxidation sites excluding steroid dienone is 1. The minimum Gasteiger partial charge on any atom is -0.376 e. The van der Waals surface area contributed by atoms with Gasteiger partial charge >= 0.3 is 0 Å². The van der Waals surface area contributed by atoms with Crippen molar-refractivity contribution < 1.29 is 0 Å². The third-order valence-corrected chi connectivity index (χ3v) is 3.72. The number of piperidine rings is 1. The van der Waals surface area contributed by atoms with Crippen molar-refractivity contribution in [2.75, 3.05) is 18.4 Å². The monoisotopic (exact) mass is 214 g/mol. The van der Waals surface area contributed by atoms with E-state index in [0.29, 0.717) is 0 Å². The first-order valence-corrected chi connectivity index (χ1v) is 6.07. The molecule has 1 aromatic carbocycles. The molecule has 2 heterocycles. The van der Waals surface area contributed by atoms with E-state index in [1.165, 1.54) is 29.7 Å². The molecule has 0 aromatic heterocycles. The molecule has 0 unspecified atom stereocenters. The molecule has 84 valence electrons. The van der Waals surface area contributed by atoms with Crippen molar-refractivity contribution >= 4 is 11.3 Å². The maximum Gasteiger partial charge on any atom is 0.0586 e. The zero-order valence-electron chi connectivity index (χ0n) is 9.72. The van der Waals surface area contributed by atoms with E-state index in [9.17, 15) is 0 Å². The van der Waals surface area contributed by atoms with Crippen LogP contribution in [0, 0.1) is 0 Å². The van der Waals surface area contributed by atoms with Crippen LogP contribution in [0.25, 0.3) is 5.57 Å². The average Bonchev–Trinajstić information content (AvgIpc) is 2.30. The Labute approximate surface area is 96.7 Å². The summed E-state index contributed by atoms with van der Waals surface area (Å²) in [6.07, 6.45) is 4.79. The lowest BCUT2D eigenvalue weighted by atomic mass is 9.82. The van der Waals surface area contributed by atoms with Crippen LogP contribution in [0.4, 0.5) is 5.69 Å². The molecule has 1 aromatic rings. The van der Waals surface area contributed by atoms with Gasteiger partial charge in [-0.05, 0) is 44.5 Å². The number of fused-ring (bicyclic) bond motifs is 1. The van der Waals surface area contributed by atoms with E-state index in [-0.39, 0.29) is 5.54 Å². The van der Waals surface area contributed by atoms with E-state index in [4.69, 9.17) is 0 Å². The molecule has 0 amide bonds. The second-order valence-corrected chi connectivity index (χ2v) is 4.90. The summed E-state index contributed by atoms with van der Waals surface area (Å²) in [4.78, 5) is 0. The number of rotatable bonds is 0. The van der Waals surface area contributed by atoms with Gasteiger partial charge in [0.05, 0.1) is 5.54 Å². The van der Waals surface area contributed by atoms with Crippen LogP contribution >= 0.6 is 0 Å². The van der Waals surface area contributed by atoms with Crippen molar-refractivity contribution in [2.45, 2.75) is 25.3 Å². The number of anilines is 1. The first kappa shape index (κ1) is 9.91. The van der Waals surface area contributed by atoms with E-state index in [1.807, 2.05) is 0 Å². The molecule has 1 fully saturated rings. The lowest BCUT2D eigenvalue weighted by Crippen LogP contribution is -2.47. The van der Waals surface area contributed by atoms with E-state index in [2.05, 4.69) is 47.9 Å². The number of benzene rings is 1. The van der Waals surface area contributed by atoms with Crippen LogP contribution in [-0.4, -0.2) is 18.6 Å². The van der Waals surface area contributed by atoms with E-state index >= 15 is 0 Å². The van der Waals surface area contributed by atoms with Crippen molar-refractivity contribution in [3.05, 3.63) is 35.9 Å². The Bertz CT molecular complexity index is 428. The molecular formula is C14H18N2. The summed E-state index contributed by atoms with van der Waals surface area (Å²) in [6, 6.07) is 8.61. The molecule has 0 radical (unpaired) electrons. The molecule has 1 saturated heterocycles. The van der Waals surface area contributed by atoms with E-state index in [0.717, 1.165) is 13.1 Å². The third-order valence-electron chi connectivity index (χ3n) is 3.72. The Morgan fingerprint density at radius 1 is 1.12 bits per heavy atom. The fourth-order valence-electron chi connectivity index (χ4n) is 2.87. The van der Waals surface area contributed by atoms with Crippen LogP contribution in [0.5, 0.6) is 0 Å². The minimum absolute atomic E-state index is 0.198. The number of nitrogens with one attached hydrogen (secondary N) is 2. The van der Waals surface area contributed by atoms with Crippen molar-refractivity contribution in [3.63, 3.8) is 0 Å². The number of para-hydroxylation sites is 1. The van der Waals surface area contributed by atoms with Gasteiger partial charge in [-0.2, -0.15) is 0 Å². The molecule has 3 rings (SSSR count). The van der Waals surface area contributed by atoms with Crippen LogP contribution < -0.4 is 10.6 Å². The van der Waals surface area contributed by atoms with Gasteiger partial charge in [0.1, 0.15) is 0 Å². The Morgan fingerprint density at radius 3 is 2.69 bits per heavy atom. The SMILES string of the molecule is CC1=CC2(CCNCC2)Nc2ccccc21. The van der Waals surface area contributed by atoms with Gasteiger partial charge in [0, 0.05) is 11.3 Å². The summed E-state index contributed by atoms with van der Waals surface area (Å²) in [5.41, 5.74) is 4.26. The first-order chi connectivity index (χ1) is 7.79. The molecule has 2 aliphatic rings. The highest BCUT2D eigenvalue weighted by Crippen LogP contribution is 2.37. The van der Waals surface area contributed by atoms with E-state index < -0.39 is 0 Å². The summed E-state index contributed by atoms with van der Waals surface area (Å²) >= 11 is 0. The van der Waals surface area contributed by atoms with Crippen LogP contribution in [0.3, 0.4) is 0 Å². The molecule has 0 aliphatic carbocycles. The molecule has 2 heteroatoms. The first-order valence-electron chi connectivity index (χ1n) is 6.07. The van der Waals surface area contributed by atoms with Gasteiger partial charge in [-0.15, -0.1) is 0 Å². The van der Waals surface area contributed by atoms with Crippen molar-refractivity contribution in [3.8, 4) is 0 Å². The van der Waals surface area contributed by atoms with Gasteiger partial charge in [0.15, 0.2) is 0 Å². The summed E-state index contributed by atoms with van der Waals surface area (Å²) in [6.45, 7) is 4.45. The van der Waals surface area contributed by atoms with Crippen LogP contribution in [-0.2, 0) is 0 Å². The summed E-state index contributed by atoms with van der Waals surface area (Å²) < 4.78 is 0. The maximum atomic E-state index is 3.73. The number of hydrogen-bond acceptors (Lipinski definition) is 2. The molecule has 0 bridgehead atoms. The lowest BCUT2D eigenvalue weighted by molar-refractivity contribution is 0.400. The summed E-state index contributed by atoms with van der Waals surface area (Å²) in [5, 5.41) is 7.15. The Kier molecular flexibility index (Phi) is 2.25. The average molecular weight is 214 g/mol. The van der Waals surface area contributed by atoms with Gasteiger partial charge in [0.25, 0.3) is 0 Å². The summed E-state index contributed by atoms with van der Waals surface area (Å²) in [5.74, 6) is 0. The normalized spacial score (nSPS) is 22.2. The van der Waals surface area contributed by atoms with Crippen molar-refractivity contribution in [2.24, 2.45) is 0 Å². The summed E-state index contributed by atoms with van der Waals surface area (Å²) in [7, 11) is 0. The third kappa shape index (κ3) is 1.54. The van der Waals surface area contributed by atoms with Crippen LogP contribution in [0.2, 0.25) is 0 Å². The highest BCUT2D eigenvalue weighted by molar-refractivity contribution is 5.80. The second-order valence-electron chi connectivity index (χ2n) is 4.90. The molecular weight excluding hydrogens is 196 g/mol. The van der Waals surface area contributed by atoms with E-state index in [1.54, 1.807) is 0 Å². The molecule has 16 heavy (non-hydrogen) atoms. The maximum absolute atomic E-state index is 3.73. The highest BCUT2D eigenvalue weighted by Gasteiger charge is 2.32. The minimum atomic E-state index is 0.198. The van der Waals surface area contributed by atoms with Gasteiger partial charge in [-0.1, -0.05) is 24.3 Å². The fourth-order valence-corrected chi connectivity index (χ4v) is 2.87. The molecule has 1 spiro atoms. The lowest BCUT2D eigenvalue weighted by Gasteiger charge is -2.40. The number of hydrogen-bond donors (Lipinski definition) is 2. The smallest absolute Gasteiger partial charge is 0.0586 e. The zero-order valence-corrected chi connectivity index (χ0v) is 9.72. The highest BCUT2D eigenvalue weighted by atomic mass is 15.0. The fraction of sp³-hybridized carbons (Fsp3) is 0.429. The Hall–Kier alpha value is -1.28. The second kappa shape index (κ2) is 3.63. The Balaban J connectivity index is 2.01.